The fourth-order valence-corrected chi connectivity index (χ4v) is 2.52. The molecule has 0 amide bonds. The van der Waals surface area contributed by atoms with Gasteiger partial charge in [0, 0.05) is 26.2 Å². The normalized spacial score (nSPS) is 31.6. The van der Waals surface area contributed by atoms with E-state index in [9.17, 15) is 4.79 Å². The Labute approximate surface area is 96.1 Å². The van der Waals surface area contributed by atoms with Crippen LogP contribution in [-0.2, 0) is 14.3 Å². The van der Waals surface area contributed by atoms with E-state index < -0.39 is 0 Å². The smallest absolute Gasteiger partial charge is 0.314 e. The van der Waals surface area contributed by atoms with Crippen LogP contribution in [0.5, 0.6) is 0 Å². The van der Waals surface area contributed by atoms with E-state index in [2.05, 4.69) is 10.2 Å². The summed E-state index contributed by atoms with van der Waals surface area (Å²) in [7, 11) is 1.47. The van der Waals surface area contributed by atoms with E-state index in [1.54, 1.807) is 0 Å². The zero-order valence-corrected chi connectivity index (χ0v) is 9.83. The summed E-state index contributed by atoms with van der Waals surface area (Å²) in [6.45, 7) is 5.79. The van der Waals surface area contributed by atoms with Gasteiger partial charge in [-0.3, -0.25) is 9.69 Å². The molecule has 0 bridgehead atoms. The Bertz CT molecular complexity index is 246. The highest BCUT2D eigenvalue weighted by Crippen LogP contribution is 2.28. The minimum absolute atomic E-state index is 0.0796. The quantitative estimate of drug-likeness (QED) is 0.658. The molecule has 2 heterocycles. The van der Waals surface area contributed by atoms with Crippen molar-refractivity contribution in [2.75, 3.05) is 53.0 Å². The number of nitrogens with one attached hydrogen (secondary N) is 1. The molecule has 0 aliphatic carbocycles. The summed E-state index contributed by atoms with van der Waals surface area (Å²) >= 11 is 0. The van der Waals surface area contributed by atoms with Crippen molar-refractivity contribution >= 4 is 5.97 Å². The van der Waals surface area contributed by atoms with Crippen molar-refractivity contribution in [2.24, 2.45) is 5.41 Å². The van der Waals surface area contributed by atoms with E-state index in [-0.39, 0.29) is 11.4 Å². The summed E-state index contributed by atoms with van der Waals surface area (Å²) in [4.78, 5) is 14.2. The van der Waals surface area contributed by atoms with Crippen LogP contribution in [0.15, 0.2) is 0 Å². The summed E-state index contributed by atoms with van der Waals surface area (Å²) < 4.78 is 10.3. The molecule has 2 aliphatic heterocycles. The Morgan fingerprint density at radius 3 is 2.81 bits per heavy atom. The molecule has 2 aliphatic rings. The van der Waals surface area contributed by atoms with Gasteiger partial charge >= 0.3 is 5.97 Å². The molecule has 1 atom stereocenters. The van der Waals surface area contributed by atoms with Crippen molar-refractivity contribution < 1.29 is 14.3 Å². The number of ether oxygens (including phenoxy) is 2. The lowest BCUT2D eigenvalue weighted by molar-refractivity contribution is -0.153. The van der Waals surface area contributed by atoms with Gasteiger partial charge in [-0.2, -0.15) is 0 Å². The largest absolute Gasteiger partial charge is 0.469 e. The second-order valence-electron chi connectivity index (χ2n) is 4.59. The molecule has 92 valence electrons. The molecule has 2 rings (SSSR count). The standard InChI is InChI=1S/C11H20N2O3/c1-15-10(14)11(2-3-12-8-11)9-13-4-6-16-7-5-13/h12H,2-9H2,1H3. The monoisotopic (exact) mass is 228 g/mol. The molecule has 5 heteroatoms. The van der Waals surface area contributed by atoms with Crippen molar-refractivity contribution in [1.29, 1.82) is 0 Å². The van der Waals surface area contributed by atoms with Gasteiger partial charge in [0.1, 0.15) is 0 Å². The molecule has 0 aromatic heterocycles. The van der Waals surface area contributed by atoms with Gasteiger partial charge in [0.2, 0.25) is 0 Å². The highest BCUT2D eigenvalue weighted by Gasteiger charge is 2.43. The fourth-order valence-electron chi connectivity index (χ4n) is 2.52. The number of hydrogen-bond acceptors (Lipinski definition) is 5. The van der Waals surface area contributed by atoms with Gasteiger partial charge in [0.25, 0.3) is 0 Å². The van der Waals surface area contributed by atoms with Crippen molar-refractivity contribution in [1.82, 2.24) is 10.2 Å². The van der Waals surface area contributed by atoms with Gasteiger partial charge < -0.3 is 14.8 Å². The summed E-state index contributed by atoms with van der Waals surface area (Å²) in [5.74, 6) is -0.0796. The molecule has 5 nitrogen and oxygen atoms in total. The van der Waals surface area contributed by atoms with Gasteiger partial charge in [-0.1, -0.05) is 0 Å². The van der Waals surface area contributed by atoms with E-state index in [4.69, 9.17) is 9.47 Å². The maximum absolute atomic E-state index is 11.9. The van der Waals surface area contributed by atoms with E-state index in [1.807, 2.05) is 0 Å². The summed E-state index contributed by atoms with van der Waals surface area (Å²) in [6, 6.07) is 0. The average Bonchev–Trinajstić information content (AvgIpc) is 2.79. The first kappa shape index (κ1) is 11.8. The minimum atomic E-state index is -0.341. The zero-order chi connectivity index (χ0) is 11.4. The molecule has 0 aromatic rings. The van der Waals surface area contributed by atoms with Gasteiger partial charge in [-0.25, -0.2) is 0 Å². The molecule has 1 N–H and O–H groups in total. The Kier molecular flexibility index (Phi) is 3.78. The SMILES string of the molecule is COC(=O)C1(CN2CCOCC2)CCNC1. The lowest BCUT2D eigenvalue weighted by Gasteiger charge is -2.34. The second-order valence-corrected chi connectivity index (χ2v) is 4.59. The summed E-state index contributed by atoms with van der Waals surface area (Å²) in [5.41, 5.74) is -0.341. The van der Waals surface area contributed by atoms with Gasteiger partial charge in [0.05, 0.1) is 25.7 Å². The highest BCUT2D eigenvalue weighted by atomic mass is 16.5. The van der Waals surface area contributed by atoms with E-state index in [1.165, 1.54) is 7.11 Å². The maximum atomic E-state index is 11.9. The third-order valence-corrected chi connectivity index (χ3v) is 3.49. The Balaban J connectivity index is 1.98. The predicted molar refractivity (Wildman–Crippen MR) is 59.2 cm³/mol. The van der Waals surface area contributed by atoms with E-state index in [0.29, 0.717) is 0 Å². The zero-order valence-electron chi connectivity index (χ0n) is 9.83. The van der Waals surface area contributed by atoms with Crippen LogP contribution >= 0.6 is 0 Å². The van der Waals surface area contributed by atoms with Crippen LogP contribution in [-0.4, -0.2) is 63.9 Å². The third-order valence-electron chi connectivity index (χ3n) is 3.49. The number of rotatable bonds is 3. The third kappa shape index (κ3) is 2.36. The number of morpholine rings is 1. The molecule has 0 saturated carbocycles. The first-order valence-corrected chi connectivity index (χ1v) is 5.86. The van der Waals surface area contributed by atoms with Gasteiger partial charge in [-0.05, 0) is 13.0 Å². The van der Waals surface area contributed by atoms with Crippen molar-refractivity contribution in [3.63, 3.8) is 0 Å². The van der Waals surface area contributed by atoms with Gasteiger partial charge in [-0.15, -0.1) is 0 Å². The van der Waals surface area contributed by atoms with Crippen LogP contribution in [0.3, 0.4) is 0 Å². The number of hydrogen-bond donors (Lipinski definition) is 1. The highest BCUT2D eigenvalue weighted by molar-refractivity contribution is 5.77. The molecule has 1 unspecified atom stereocenters. The molecule has 0 aromatic carbocycles. The van der Waals surface area contributed by atoms with Crippen LogP contribution in [0.4, 0.5) is 0 Å². The average molecular weight is 228 g/mol. The van der Waals surface area contributed by atoms with Crippen molar-refractivity contribution in [3.8, 4) is 0 Å². The lowest BCUT2D eigenvalue weighted by Crippen LogP contribution is -2.48. The Morgan fingerprint density at radius 1 is 1.50 bits per heavy atom. The van der Waals surface area contributed by atoms with Crippen LogP contribution in [0, 0.1) is 5.41 Å². The van der Waals surface area contributed by atoms with Crippen LogP contribution in [0.25, 0.3) is 0 Å². The summed E-state index contributed by atoms with van der Waals surface area (Å²) in [6.07, 6.45) is 0.872. The summed E-state index contributed by atoms with van der Waals surface area (Å²) in [5, 5.41) is 3.26. The van der Waals surface area contributed by atoms with Crippen molar-refractivity contribution in [3.05, 3.63) is 0 Å². The van der Waals surface area contributed by atoms with E-state index >= 15 is 0 Å². The predicted octanol–water partition coefficient (Wildman–Crippen LogP) is -0.529. The number of methoxy groups -OCH3 is 1. The second kappa shape index (κ2) is 5.12. The van der Waals surface area contributed by atoms with Crippen LogP contribution in [0.2, 0.25) is 0 Å². The fraction of sp³-hybridized carbons (Fsp3) is 0.909. The number of esters is 1. The van der Waals surface area contributed by atoms with Crippen LogP contribution in [0.1, 0.15) is 6.42 Å². The Morgan fingerprint density at radius 2 is 2.25 bits per heavy atom. The van der Waals surface area contributed by atoms with Crippen LogP contribution < -0.4 is 5.32 Å². The van der Waals surface area contributed by atoms with Gasteiger partial charge in [0.15, 0.2) is 0 Å². The molecule has 16 heavy (non-hydrogen) atoms. The molecule has 2 fully saturated rings. The topological polar surface area (TPSA) is 50.8 Å². The maximum Gasteiger partial charge on any atom is 0.314 e. The van der Waals surface area contributed by atoms with E-state index in [0.717, 1.165) is 52.4 Å². The number of nitrogens with zero attached hydrogens (tertiary/aromatic N) is 1. The first-order chi connectivity index (χ1) is 7.77. The Hall–Kier alpha value is -0.650. The number of carbonyl (C=O) groups is 1. The molecular weight excluding hydrogens is 208 g/mol. The first-order valence-electron chi connectivity index (χ1n) is 5.86. The van der Waals surface area contributed by atoms with Crippen molar-refractivity contribution in [2.45, 2.75) is 6.42 Å². The molecule has 0 radical (unpaired) electrons. The minimum Gasteiger partial charge on any atom is -0.469 e. The molecule has 0 spiro atoms. The lowest BCUT2D eigenvalue weighted by atomic mass is 9.86. The molecular formula is C11H20N2O3. The number of carbonyl (C=O) groups excluding carboxylic acids is 1. The molecule has 2 saturated heterocycles.